The van der Waals surface area contributed by atoms with Gasteiger partial charge in [-0.1, -0.05) is 60.7 Å². The molecule has 0 aromatic heterocycles. The summed E-state index contributed by atoms with van der Waals surface area (Å²) in [5.41, 5.74) is 2.54. The van der Waals surface area contributed by atoms with Gasteiger partial charge in [-0.15, -0.1) is 24.0 Å². The Hall–Kier alpha value is -1.64. The number of nitrogens with one attached hydrogen (secondary N) is 2. The molecule has 6 heteroatoms. The van der Waals surface area contributed by atoms with Gasteiger partial charge in [-0.3, -0.25) is 4.99 Å². The number of hydrogen-bond acceptors (Lipinski definition) is 3. The maximum atomic E-state index is 9.41. The quantitative estimate of drug-likeness (QED) is 0.290. The number of guanidine groups is 1. The van der Waals surface area contributed by atoms with Gasteiger partial charge >= 0.3 is 0 Å². The molecule has 0 radical (unpaired) electrons. The van der Waals surface area contributed by atoms with Crippen LogP contribution in [0.25, 0.3) is 0 Å². The lowest BCUT2D eigenvalue weighted by Crippen LogP contribution is -2.45. The van der Waals surface area contributed by atoms with E-state index >= 15 is 0 Å². The minimum absolute atomic E-state index is 0. The number of rotatable bonds is 8. The molecule has 0 bridgehead atoms. The van der Waals surface area contributed by atoms with E-state index in [0.29, 0.717) is 6.61 Å². The first-order chi connectivity index (χ1) is 13.8. The van der Waals surface area contributed by atoms with Crippen LogP contribution in [-0.4, -0.2) is 51.0 Å². The molecule has 29 heavy (non-hydrogen) atoms. The van der Waals surface area contributed by atoms with Crippen LogP contribution in [0.4, 0.5) is 0 Å². The highest BCUT2D eigenvalue weighted by Gasteiger charge is 2.34. The van der Waals surface area contributed by atoms with Gasteiger partial charge in [0.2, 0.25) is 0 Å². The lowest BCUT2D eigenvalue weighted by atomic mass is 9.84. The van der Waals surface area contributed by atoms with E-state index in [0.717, 1.165) is 38.5 Å². The Morgan fingerprint density at radius 3 is 2.17 bits per heavy atom. The van der Waals surface area contributed by atoms with Crippen LogP contribution in [0.2, 0.25) is 0 Å². The molecule has 0 aliphatic carbocycles. The molecule has 3 rings (SSSR count). The van der Waals surface area contributed by atoms with E-state index in [9.17, 15) is 5.11 Å². The first-order valence-electron chi connectivity index (χ1n) is 9.99. The van der Waals surface area contributed by atoms with Crippen LogP contribution in [0.15, 0.2) is 65.7 Å². The van der Waals surface area contributed by atoms with Gasteiger partial charge < -0.3 is 20.5 Å². The van der Waals surface area contributed by atoms with E-state index in [4.69, 9.17) is 4.74 Å². The van der Waals surface area contributed by atoms with E-state index in [1.165, 1.54) is 11.1 Å². The molecular weight excluding hydrogens is 477 g/mol. The molecular formula is C23H32IN3O2. The molecule has 2 aromatic rings. The summed E-state index contributed by atoms with van der Waals surface area (Å²) < 4.78 is 5.58. The molecule has 1 atom stereocenters. The number of nitrogens with zero attached hydrogens (tertiary/aromatic N) is 1. The summed E-state index contributed by atoms with van der Waals surface area (Å²) in [7, 11) is 1.79. The third-order valence-electron chi connectivity index (χ3n) is 5.56. The van der Waals surface area contributed by atoms with Gasteiger partial charge in [0.15, 0.2) is 5.96 Å². The number of aliphatic hydroxyl groups is 1. The minimum Gasteiger partial charge on any atom is -0.396 e. The number of benzene rings is 2. The molecule has 1 heterocycles. The average molecular weight is 509 g/mol. The molecule has 158 valence electrons. The van der Waals surface area contributed by atoms with Crippen LogP contribution in [-0.2, 0) is 4.74 Å². The van der Waals surface area contributed by atoms with E-state index in [1.807, 2.05) is 12.1 Å². The maximum absolute atomic E-state index is 9.41. The molecule has 2 aromatic carbocycles. The van der Waals surface area contributed by atoms with Gasteiger partial charge in [0.25, 0.3) is 0 Å². The van der Waals surface area contributed by atoms with Crippen molar-refractivity contribution in [1.29, 1.82) is 0 Å². The van der Waals surface area contributed by atoms with Crippen LogP contribution in [0.1, 0.15) is 29.9 Å². The van der Waals surface area contributed by atoms with Crippen LogP contribution in [0.3, 0.4) is 0 Å². The number of ether oxygens (including phenoxy) is 1. The smallest absolute Gasteiger partial charge is 0.191 e. The van der Waals surface area contributed by atoms with Crippen molar-refractivity contribution in [3.05, 3.63) is 71.8 Å². The third-order valence-corrected chi connectivity index (χ3v) is 5.56. The fraction of sp³-hybridized carbons (Fsp3) is 0.435. The van der Waals surface area contributed by atoms with Crippen molar-refractivity contribution in [1.82, 2.24) is 10.6 Å². The predicted molar refractivity (Wildman–Crippen MR) is 129 cm³/mol. The Morgan fingerprint density at radius 1 is 1.07 bits per heavy atom. The number of hydrogen-bond donors (Lipinski definition) is 3. The number of halogens is 1. The average Bonchev–Trinajstić information content (AvgIpc) is 3.21. The van der Waals surface area contributed by atoms with Gasteiger partial charge in [-0.25, -0.2) is 0 Å². The van der Waals surface area contributed by atoms with Crippen LogP contribution in [0, 0.1) is 5.41 Å². The molecule has 0 saturated carbocycles. The second-order valence-electron chi connectivity index (χ2n) is 7.46. The largest absolute Gasteiger partial charge is 0.396 e. The normalized spacial score (nSPS) is 19.1. The van der Waals surface area contributed by atoms with Gasteiger partial charge in [-0.05, 0) is 24.0 Å². The highest BCUT2D eigenvalue weighted by molar-refractivity contribution is 14.0. The van der Waals surface area contributed by atoms with Gasteiger partial charge in [0, 0.05) is 44.7 Å². The number of aliphatic hydroxyl groups excluding tert-OH is 1. The molecule has 3 N–H and O–H groups in total. The standard InChI is InChI=1S/C23H31N3O2.HI/c1-24-22(26-17-23(12-14-27)13-15-28-18-23)25-16-21(19-8-4-2-5-9-19)20-10-6-3-7-11-20;/h2-11,21,27H,12-18H2,1H3,(H2,24,25,26);1H. The van der Waals surface area contributed by atoms with Crippen molar-refractivity contribution in [3.8, 4) is 0 Å². The summed E-state index contributed by atoms with van der Waals surface area (Å²) in [6.07, 6.45) is 1.71. The molecule has 1 saturated heterocycles. The summed E-state index contributed by atoms with van der Waals surface area (Å²) in [5, 5.41) is 16.3. The van der Waals surface area contributed by atoms with E-state index in [2.05, 4.69) is 64.2 Å². The fourth-order valence-corrected chi connectivity index (χ4v) is 3.80. The zero-order valence-corrected chi connectivity index (χ0v) is 19.3. The van der Waals surface area contributed by atoms with Crippen molar-refractivity contribution < 1.29 is 9.84 Å². The Labute approximate surface area is 191 Å². The first-order valence-corrected chi connectivity index (χ1v) is 9.99. The predicted octanol–water partition coefficient (Wildman–Crippen LogP) is 3.39. The second kappa shape index (κ2) is 12.1. The zero-order chi connectivity index (χ0) is 19.7. The Kier molecular flexibility index (Phi) is 9.90. The first kappa shape index (κ1) is 23.6. The minimum atomic E-state index is -0.00929. The Morgan fingerprint density at radius 2 is 1.69 bits per heavy atom. The summed E-state index contributed by atoms with van der Waals surface area (Å²) >= 11 is 0. The molecule has 1 aliphatic rings. The molecule has 1 unspecified atom stereocenters. The molecule has 1 aliphatic heterocycles. The van der Waals surface area contributed by atoms with Crippen LogP contribution >= 0.6 is 24.0 Å². The molecule has 0 amide bonds. The SMILES string of the molecule is CN=C(NCC(c1ccccc1)c1ccccc1)NCC1(CCO)CCOC1.I. The molecule has 0 spiro atoms. The van der Waals surface area contributed by atoms with Crippen molar-refractivity contribution in [2.75, 3.05) is 40.0 Å². The van der Waals surface area contributed by atoms with Crippen LogP contribution in [0.5, 0.6) is 0 Å². The Bertz CT molecular complexity index is 695. The summed E-state index contributed by atoms with van der Waals surface area (Å²) in [6, 6.07) is 21.1. The summed E-state index contributed by atoms with van der Waals surface area (Å²) in [6.45, 7) is 3.12. The van der Waals surface area contributed by atoms with Crippen molar-refractivity contribution in [2.24, 2.45) is 10.4 Å². The van der Waals surface area contributed by atoms with Crippen molar-refractivity contribution in [3.63, 3.8) is 0 Å². The summed E-state index contributed by atoms with van der Waals surface area (Å²) in [5.74, 6) is 1.02. The third kappa shape index (κ3) is 6.69. The van der Waals surface area contributed by atoms with Crippen molar-refractivity contribution >= 4 is 29.9 Å². The van der Waals surface area contributed by atoms with E-state index < -0.39 is 0 Å². The van der Waals surface area contributed by atoms with Crippen LogP contribution < -0.4 is 10.6 Å². The lowest BCUT2D eigenvalue weighted by Gasteiger charge is -2.28. The summed E-state index contributed by atoms with van der Waals surface area (Å²) in [4.78, 5) is 4.39. The monoisotopic (exact) mass is 509 g/mol. The highest BCUT2D eigenvalue weighted by atomic mass is 127. The maximum Gasteiger partial charge on any atom is 0.191 e. The van der Waals surface area contributed by atoms with Gasteiger partial charge in [0.05, 0.1) is 6.61 Å². The zero-order valence-electron chi connectivity index (χ0n) is 17.0. The van der Waals surface area contributed by atoms with Gasteiger partial charge in [0.1, 0.15) is 0 Å². The van der Waals surface area contributed by atoms with E-state index in [1.54, 1.807) is 7.05 Å². The van der Waals surface area contributed by atoms with Gasteiger partial charge in [-0.2, -0.15) is 0 Å². The molecule has 5 nitrogen and oxygen atoms in total. The van der Waals surface area contributed by atoms with E-state index in [-0.39, 0.29) is 41.9 Å². The second-order valence-corrected chi connectivity index (χ2v) is 7.46. The Balaban J connectivity index is 0.00000300. The lowest BCUT2D eigenvalue weighted by molar-refractivity contribution is 0.127. The van der Waals surface area contributed by atoms with Crippen molar-refractivity contribution in [2.45, 2.75) is 18.8 Å². The molecule has 1 fully saturated rings. The highest BCUT2D eigenvalue weighted by Crippen LogP contribution is 2.31. The topological polar surface area (TPSA) is 65.9 Å². The number of aliphatic imine (C=N–C) groups is 1. The fourth-order valence-electron chi connectivity index (χ4n) is 3.80.